The van der Waals surface area contributed by atoms with Gasteiger partial charge in [0.05, 0.1) is 22.3 Å². The first-order valence-corrected chi connectivity index (χ1v) is 23.6. The molecule has 0 bridgehead atoms. The average Bonchev–Trinajstić information content (AvgIpc) is 3.76. The number of aryl methyl sites for hydroxylation is 1. The van der Waals surface area contributed by atoms with E-state index in [0.717, 1.165) is 40.0 Å². The van der Waals surface area contributed by atoms with Crippen molar-refractivity contribution in [3.05, 3.63) is 162 Å². The lowest BCUT2D eigenvalue weighted by molar-refractivity contribution is 0.195. The second-order valence-corrected chi connectivity index (χ2v) is 21.8. The van der Waals surface area contributed by atoms with Crippen LogP contribution < -0.4 is 31.1 Å². The first-order valence-electron chi connectivity index (χ1n) is 23.6. The molecule has 0 N–H and O–H groups in total. The fraction of sp³-hybridized carbons (Fsp3) is 0.288. The minimum Gasteiger partial charge on any atom is -0.456 e. The minimum atomic E-state index is -0.124. The molecule has 0 spiro atoms. The number of furan rings is 1. The van der Waals surface area contributed by atoms with E-state index >= 15 is 0 Å². The van der Waals surface area contributed by atoms with Crippen LogP contribution in [0.25, 0.3) is 21.9 Å². The predicted molar refractivity (Wildman–Crippen MR) is 273 cm³/mol. The summed E-state index contributed by atoms with van der Waals surface area (Å²) in [4.78, 5) is 7.99. The highest BCUT2D eigenvalue weighted by molar-refractivity contribution is 7.00. The van der Waals surface area contributed by atoms with Gasteiger partial charge in [0, 0.05) is 44.9 Å². The number of para-hydroxylation sites is 3. The number of nitrogens with zero attached hydrogens (tertiary/aromatic N) is 3. The number of hydrogen-bond donors (Lipinski definition) is 0. The summed E-state index contributed by atoms with van der Waals surface area (Å²) in [6.07, 6.45) is 4.79. The van der Waals surface area contributed by atoms with Crippen LogP contribution in [0.15, 0.2) is 144 Å². The third-order valence-electron chi connectivity index (χ3n) is 16.0. The van der Waals surface area contributed by atoms with E-state index in [9.17, 15) is 0 Å². The van der Waals surface area contributed by atoms with Crippen LogP contribution >= 0.6 is 0 Å². The van der Waals surface area contributed by atoms with E-state index in [1.807, 2.05) is 0 Å². The van der Waals surface area contributed by atoms with Crippen molar-refractivity contribution in [1.29, 1.82) is 0 Å². The van der Waals surface area contributed by atoms with E-state index in [2.05, 4.69) is 217 Å². The maximum Gasteiger partial charge on any atom is 0.252 e. The Kier molecular flexibility index (Phi) is 8.26. The fourth-order valence-electron chi connectivity index (χ4n) is 12.4. The van der Waals surface area contributed by atoms with Crippen LogP contribution in [0.3, 0.4) is 0 Å². The Bertz CT molecular complexity index is 3170. The Morgan fingerprint density at radius 1 is 0.578 bits per heavy atom. The van der Waals surface area contributed by atoms with Gasteiger partial charge in [-0.25, -0.2) is 0 Å². The molecule has 4 aliphatic rings. The van der Waals surface area contributed by atoms with Crippen molar-refractivity contribution in [2.24, 2.45) is 0 Å². The first kappa shape index (κ1) is 39.4. The third-order valence-corrected chi connectivity index (χ3v) is 16.0. The van der Waals surface area contributed by atoms with Crippen molar-refractivity contribution in [2.45, 2.75) is 110 Å². The van der Waals surface area contributed by atoms with Gasteiger partial charge in [0.1, 0.15) is 11.2 Å². The zero-order valence-corrected chi connectivity index (χ0v) is 38.9. The zero-order valence-electron chi connectivity index (χ0n) is 38.9. The number of fused-ring (bicyclic) bond motifs is 11. The molecule has 2 unspecified atom stereocenters. The number of rotatable bonds is 4. The van der Waals surface area contributed by atoms with Gasteiger partial charge in [0.15, 0.2) is 0 Å². The molecule has 1 aliphatic carbocycles. The summed E-state index contributed by atoms with van der Waals surface area (Å²) in [7, 11) is 0. The monoisotopic (exact) mass is 835 g/mol. The van der Waals surface area contributed by atoms with Crippen LogP contribution in [0, 0.1) is 6.92 Å². The van der Waals surface area contributed by atoms with Crippen molar-refractivity contribution in [2.75, 3.05) is 14.7 Å². The SMILES string of the molecule is Cc1cc(C(C)(C)C)ccc1N1c2cc(N(c3ccccc3)c3ccccc3)cc3c2B(c2cc(C(C)(C)C)cc4c2N3C2(C)CCCCC42C)c2ccc3oc4ccccc4c3c21. The fourth-order valence-corrected chi connectivity index (χ4v) is 12.4. The van der Waals surface area contributed by atoms with Crippen molar-refractivity contribution in [1.82, 2.24) is 0 Å². The van der Waals surface area contributed by atoms with Gasteiger partial charge in [-0.3, -0.25) is 0 Å². The Balaban J connectivity index is 1.27. The molecule has 5 heteroatoms. The first-order chi connectivity index (χ1) is 30.7. The number of benzene rings is 7. The molecular weight excluding hydrogens is 777 g/mol. The molecule has 7 aromatic carbocycles. The highest BCUT2D eigenvalue weighted by Gasteiger charge is 2.62. The Hall–Kier alpha value is -6.20. The van der Waals surface area contributed by atoms with Gasteiger partial charge in [-0.1, -0.05) is 146 Å². The highest BCUT2D eigenvalue weighted by Crippen LogP contribution is 2.63. The van der Waals surface area contributed by atoms with Gasteiger partial charge in [-0.05, 0) is 131 Å². The summed E-state index contributed by atoms with van der Waals surface area (Å²) in [6, 6.07) is 52.7. The van der Waals surface area contributed by atoms with E-state index in [0.29, 0.717) is 0 Å². The van der Waals surface area contributed by atoms with E-state index < -0.39 is 0 Å². The predicted octanol–water partition coefficient (Wildman–Crippen LogP) is 14.3. The molecule has 12 rings (SSSR count). The van der Waals surface area contributed by atoms with Gasteiger partial charge in [-0.15, -0.1) is 0 Å². The van der Waals surface area contributed by atoms with E-state index in [1.54, 1.807) is 0 Å². The molecule has 0 radical (unpaired) electrons. The molecule has 1 fully saturated rings. The summed E-state index contributed by atoms with van der Waals surface area (Å²) in [5.41, 5.74) is 21.2. The third kappa shape index (κ3) is 5.36. The van der Waals surface area contributed by atoms with E-state index in [4.69, 9.17) is 4.42 Å². The highest BCUT2D eigenvalue weighted by atomic mass is 16.3. The van der Waals surface area contributed by atoms with Crippen LogP contribution in [-0.4, -0.2) is 12.3 Å². The van der Waals surface area contributed by atoms with Crippen molar-refractivity contribution >= 4 is 90.5 Å². The summed E-state index contributed by atoms with van der Waals surface area (Å²) in [6.45, 7) is 21.7. The maximum absolute atomic E-state index is 6.80. The van der Waals surface area contributed by atoms with Crippen LogP contribution in [0.4, 0.5) is 45.5 Å². The quantitative estimate of drug-likeness (QED) is 0.165. The van der Waals surface area contributed by atoms with Crippen molar-refractivity contribution in [3.63, 3.8) is 0 Å². The lowest BCUT2D eigenvalue weighted by atomic mass is 9.33. The molecule has 64 heavy (non-hydrogen) atoms. The van der Waals surface area contributed by atoms with Crippen LogP contribution in [0.1, 0.15) is 103 Å². The lowest BCUT2D eigenvalue weighted by Crippen LogP contribution is -2.64. The van der Waals surface area contributed by atoms with E-state index in [-0.39, 0.29) is 28.5 Å². The molecule has 1 saturated carbocycles. The van der Waals surface area contributed by atoms with Gasteiger partial charge >= 0.3 is 0 Å². The van der Waals surface area contributed by atoms with Gasteiger partial charge in [0.2, 0.25) is 0 Å². The molecule has 4 heterocycles. The molecular formula is C59H58BN3O. The molecule has 1 aromatic heterocycles. The van der Waals surface area contributed by atoms with Crippen LogP contribution in [0.5, 0.6) is 0 Å². The lowest BCUT2D eigenvalue weighted by Gasteiger charge is -2.53. The van der Waals surface area contributed by atoms with Crippen LogP contribution in [-0.2, 0) is 16.2 Å². The summed E-state index contributed by atoms with van der Waals surface area (Å²) in [5.74, 6) is 0. The van der Waals surface area contributed by atoms with Gasteiger partial charge in [0.25, 0.3) is 6.71 Å². The van der Waals surface area contributed by atoms with Crippen molar-refractivity contribution < 1.29 is 4.42 Å². The average molecular weight is 836 g/mol. The standard InChI is InChI=1S/C59H58BN3O/c1-37-32-38(56(2,3)4)26-28-47(37)62-48-35-42(61(40-20-12-10-13-21-40)41-22-14-11-15-23-41)36-49-53(48)60(45-27-29-51-52(55(45)62)43-24-16-17-25-50(43)64-51)46-34-39(57(5,6)7)33-44-54(46)63(49)59(9)31-19-18-30-58(44,59)8/h10-17,20-29,32-36H,18-19,30-31H2,1-9H3. The number of anilines is 8. The maximum atomic E-state index is 6.80. The second-order valence-electron chi connectivity index (χ2n) is 21.8. The van der Waals surface area contributed by atoms with Crippen molar-refractivity contribution in [3.8, 4) is 0 Å². The largest absolute Gasteiger partial charge is 0.456 e. The second kappa shape index (κ2) is 13.4. The van der Waals surface area contributed by atoms with Crippen LogP contribution in [0.2, 0.25) is 0 Å². The molecule has 2 atom stereocenters. The van der Waals surface area contributed by atoms with E-state index in [1.165, 1.54) is 91.7 Å². The minimum absolute atomic E-state index is 0.000861. The Morgan fingerprint density at radius 3 is 1.92 bits per heavy atom. The Labute approximate surface area is 379 Å². The zero-order chi connectivity index (χ0) is 44.1. The smallest absolute Gasteiger partial charge is 0.252 e. The number of hydrogen-bond acceptors (Lipinski definition) is 4. The van der Waals surface area contributed by atoms with Gasteiger partial charge in [-0.2, -0.15) is 0 Å². The Morgan fingerprint density at radius 2 is 1.23 bits per heavy atom. The molecule has 4 nitrogen and oxygen atoms in total. The topological polar surface area (TPSA) is 22.9 Å². The molecule has 0 amide bonds. The molecule has 0 saturated heterocycles. The summed E-state index contributed by atoms with van der Waals surface area (Å²) >= 11 is 0. The molecule has 318 valence electrons. The summed E-state index contributed by atoms with van der Waals surface area (Å²) in [5, 5.41) is 2.32. The normalized spacial score (nSPS) is 19.7. The summed E-state index contributed by atoms with van der Waals surface area (Å²) < 4.78 is 6.80. The molecule has 8 aromatic rings. The van der Waals surface area contributed by atoms with Gasteiger partial charge < -0.3 is 19.1 Å². The molecule has 3 aliphatic heterocycles.